The van der Waals surface area contributed by atoms with Crippen LogP contribution in [-0.4, -0.2) is 83.9 Å². The number of esters is 1. The standard InChI is InChI=1S/C42H65N5O7Si/c1-26(2)55(27(3)4,28(5)6)54-33-20-30(19-32(22-33)31-16-17-34-37(23-31)46(29(7)43-34)24-42(11,12)25-48)21-36(44-40(51)53-41(8,9)10)38(49)47-18-14-15-35(45-47)39(50)52-13/h16-17,19-20,22-23,26-28,35-36,45,48H,14-15,18,21,24-25H2,1-13H3,(H,44,51)/t35-,36-/m0/s1. The second-order valence-electron chi connectivity index (χ2n) is 17.8. The van der Waals surface area contributed by atoms with Gasteiger partial charge >= 0.3 is 12.1 Å². The van der Waals surface area contributed by atoms with Gasteiger partial charge in [-0.1, -0.05) is 67.5 Å². The van der Waals surface area contributed by atoms with Gasteiger partial charge in [0.15, 0.2) is 0 Å². The number of fused-ring (bicyclic) bond motifs is 1. The molecular weight excluding hydrogens is 715 g/mol. The Bertz CT molecular complexity index is 1810. The van der Waals surface area contributed by atoms with Crippen LogP contribution in [0.4, 0.5) is 4.79 Å². The molecule has 0 unspecified atom stereocenters. The van der Waals surface area contributed by atoms with Crippen LogP contribution in [0.1, 0.15) is 100 Å². The lowest BCUT2D eigenvalue weighted by Crippen LogP contribution is -2.60. The Hall–Kier alpha value is -3.94. The minimum absolute atomic E-state index is 0.0370. The number of amides is 2. The van der Waals surface area contributed by atoms with E-state index in [0.29, 0.717) is 48.3 Å². The van der Waals surface area contributed by atoms with Gasteiger partial charge in [-0.15, -0.1) is 0 Å². The third-order valence-electron chi connectivity index (χ3n) is 10.6. The molecule has 1 aliphatic heterocycles. The molecule has 1 aliphatic rings. The molecule has 55 heavy (non-hydrogen) atoms. The first-order chi connectivity index (χ1) is 25.6. The van der Waals surface area contributed by atoms with Gasteiger partial charge in [-0.05, 0) is 98.1 Å². The van der Waals surface area contributed by atoms with Crippen molar-refractivity contribution < 1.29 is 33.4 Å². The molecule has 2 atom stereocenters. The fourth-order valence-electron chi connectivity index (χ4n) is 7.99. The lowest BCUT2D eigenvalue weighted by atomic mass is 9.94. The Labute approximate surface area is 328 Å². The summed E-state index contributed by atoms with van der Waals surface area (Å²) in [7, 11) is -1.09. The van der Waals surface area contributed by atoms with E-state index in [1.54, 1.807) is 20.8 Å². The Balaban J connectivity index is 1.87. The number of hydrazine groups is 1. The molecule has 2 aromatic carbocycles. The van der Waals surface area contributed by atoms with Crippen LogP contribution in [0.25, 0.3) is 22.2 Å². The van der Waals surface area contributed by atoms with E-state index >= 15 is 0 Å². The minimum atomic E-state index is -2.42. The summed E-state index contributed by atoms with van der Waals surface area (Å²) in [5.41, 5.74) is 7.28. The first-order valence-electron chi connectivity index (χ1n) is 19.7. The molecule has 2 amide bonds. The highest BCUT2D eigenvalue weighted by Gasteiger charge is 2.47. The highest BCUT2D eigenvalue weighted by atomic mass is 28.4. The van der Waals surface area contributed by atoms with E-state index < -0.39 is 44.0 Å². The molecule has 1 fully saturated rings. The third kappa shape index (κ3) is 10.5. The number of aryl methyl sites for hydroxylation is 1. The number of carbonyl (C=O) groups is 3. The van der Waals surface area contributed by atoms with Gasteiger partial charge in [0.05, 0.1) is 18.1 Å². The number of aliphatic hydroxyl groups is 1. The van der Waals surface area contributed by atoms with Crippen LogP contribution in [0.2, 0.25) is 16.6 Å². The largest absolute Gasteiger partial charge is 0.543 e. The molecule has 0 aliphatic carbocycles. The van der Waals surface area contributed by atoms with Crippen molar-refractivity contribution in [3.05, 3.63) is 47.8 Å². The summed E-state index contributed by atoms with van der Waals surface area (Å²) < 4.78 is 20.0. The summed E-state index contributed by atoms with van der Waals surface area (Å²) in [5.74, 6) is 0.732. The summed E-state index contributed by atoms with van der Waals surface area (Å²) >= 11 is 0. The quantitative estimate of drug-likeness (QED) is 0.111. The van der Waals surface area contributed by atoms with Crippen LogP contribution in [0.15, 0.2) is 36.4 Å². The Kier molecular flexibility index (Phi) is 13.9. The van der Waals surface area contributed by atoms with Crippen molar-refractivity contribution in [1.29, 1.82) is 0 Å². The van der Waals surface area contributed by atoms with E-state index in [9.17, 15) is 19.5 Å². The molecule has 0 radical (unpaired) electrons. The minimum Gasteiger partial charge on any atom is -0.543 e. The molecule has 2 heterocycles. The van der Waals surface area contributed by atoms with Gasteiger partial charge in [-0.2, -0.15) is 0 Å². The van der Waals surface area contributed by atoms with Crippen LogP contribution in [0, 0.1) is 12.3 Å². The maximum absolute atomic E-state index is 14.3. The fourth-order valence-corrected chi connectivity index (χ4v) is 13.2. The Morgan fingerprint density at radius 3 is 2.22 bits per heavy atom. The van der Waals surface area contributed by atoms with Crippen LogP contribution in [0.3, 0.4) is 0 Å². The molecular formula is C42H65N5O7Si. The summed E-state index contributed by atoms with van der Waals surface area (Å²) in [6, 6.07) is 10.6. The second-order valence-corrected chi connectivity index (χ2v) is 23.2. The van der Waals surface area contributed by atoms with E-state index in [-0.39, 0.29) is 18.4 Å². The van der Waals surface area contributed by atoms with E-state index in [2.05, 4.69) is 69.0 Å². The van der Waals surface area contributed by atoms with Crippen LogP contribution in [-0.2, 0) is 32.0 Å². The number of alkyl carbamates (subject to hydrolysis) is 1. The van der Waals surface area contributed by atoms with Gasteiger partial charge in [0, 0.05) is 31.5 Å². The Morgan fingerprint density at radius 2 is 1.64 bits per heavy atom. The lowest BCUT2D eigenvalue weighted by Gasteiger charge is -2.42. The molecule has 1 saturated heterocycles. The third-order valence-corrected chi connectivity index (χ3v) is 16.6. The number of ether oxygens (including phenoxy) is 2. The number of benzene rings is 2. The van der Waals surface area contributed by atoms with Crippen molar-refractivity contribution in [2.45, 2.75) is 143 Å². The molecule has 12 nitrogen and oxygen atoms in total. The smallest absolute Gasteiger partial charge is 0.408 e. The number of nitrogens with one attached hydrogen (secondary N) is 2. The molecule has 0 spiro atoms. The number of imidazole rings is 1. The molecule has 0 bridgehead atoms. The number of hydrogen-bond donors (Lipinski definition) is 3. The van der Waals surface area contributed by atoms with Gasteiger partial charge in [-0.3, -0.25) is 14.6 Å². The zero-order valence-corrected chi connectivity index (χ0v) is 36.3. The fraction of sp³-hybridized carbons (Fsp3) is 0.619. The predicted octanol–water partition coefficient (Wildman–Crippen LogP) is 7.69. The summed E-state index contributed by atoms with van der Waals surface area (Å²) in [6.07, 6.45) is 0.528. The lowest BCUT2D eigenvalue weighted by molar-refractivity contribution is -0.150. The van der Waals surface area contributed by atoms with Crippen molar-refractivity contribution in [3.63, 3.8) is 0 Å². The number of nitrogens with zero attached hydrogens (tertiary/aromatic N) is 3. The molecule has 3 aromatic rings. The monoisotopic (exact) mass is 779 g/mol. The van der Waals surface area contributed by atoms with Crippen LogP contribution >= 0.6 is 0 Å². The number of aliphatic hydroxyl groups excluding tert-OH is 1. The normalized spacial score (nSPS) is 16.2. The highest BCUT2D eigenvalue weighted by Crippen LogP contribution is 2.44. The van der Waals surface area contributed by atoms with Crippen LogP contribution in [0.5, 0.6) is 5.75 Å². The zero-order valence-electron chi connectivity index (χ0n) is 35.3. The van der Waals surface area contributed by atoms with Gasteiger partial charge in [0.1, 0.15) is 29.3 Å². The summed E-state index contributed by atoms with van der Waals surface area (Å²) in [6.45, 7) is 25.8. The molecule has 3 N–H and O–H groups in total. The van der Waals surface area contributed by atoms with E-state index in [0.717, 1.165) is 33.5 Å². The van der Waals surface area contributed by atoms with Crippen molar-refractivity contribution in [2.75, 3.05) is 20.3 Å². The van der Waals surface area contributed by atoms with Crippen molar-refractivity contribution in [3.8, 4) is 16.9 Å². The first kappa shape index (κ1) is 43.8. The topological polar surface area (TPSA) is 144 Å². The van der Waals surface area contributed by atoms with E-state index in [1.807, 2.05) is 45.0 Å². The SMILES string of the molecule is COC(=O)[C@@H]1CCCN(C(=O)[C@H](Cc2cc(O[Si](C(C)C)(C(C)C)C(C)C)cc(-c3ccc4nc(C)n(CC(C)(C)CO)c4c3)c2)NC(=O)OC(C)(C)C)N1. The number of rotatable bonds is 14. The van der Waals surface area contributed by atoms with Gasteiger partial charge in [0.25, 0.3) is 14.2 Å². The van der Waals surface area contributed by atoms with Crippen molar-refractivity contribution >= 4 is 37.3 Å². The van der Waals surface area contributed by atoms with Gasteiger partial charge in [-0.25, -0.2) is 15.2 Å². The average Bonchev–Trinajstić information content (AvgIpc) is 3.41. The molecule has 4 rings (SSSR count). The van der Waals surface area contributed by atoms with Gasteiger partial charge in [0.2, 0.25) is 0 Å². The number of carbonyl (C=O) groups excluding carboxylic acids is 3. The average molecular weight is 780 g/mol. The van der Waals surface area contributed by atoms with Crippen molar-refractivity contribution in [2.24, 2.45) is 5.41 Å². The molecule has 13 heteroatoms. The number of aromatic nitrogens is 2. The number of hydrogen-bond acceptors (Lipinski definition) is 9. The van der Waals surface area contributed by atoms with E-state index in [4.69, 9.17) is 18.9 Å². The molecule has 1 aromatic heterocycles. The highest BCUT2D eigenvalue weighted by molar-refractivity contribution is 6.78. The summed E-state index contributed by atoms with van der Waals surface area (Å²) in [5, 5.41) is 14.3. The van der Waals surface area contributed by atoms with Gasteiger partial charge < -0.3 is 28.9 Å². The molecule has 0 saturated carbocycles. The zero-order chi connectivity index (χ0) is 41.0. The second kappa shape index (κ2) is 17.5. The maximum Gasteiger partial charge on any atom is 0.408 e. The number of methoxy groups -OCH3 is 1. The summed E-state index contributed by atoms with van der Waals surface area (Å²) in [4.78, 5) is 44.8. The van der Waals surface area contributed by atoms with Crippen molar-refractivity contribution in [1.82, 2.24) is 25.3 Å². The maximum atomic E-state index is 14.3. The first-order valence-corrected chi connectivity index (χ1v) is 21.8. The molecule has 304 valence electrons. The predicted molar refractivity (Wildman–Crippen MR) is 219 cm³/mol. The Morgan fingerprint density at radius 1 is 0.982 bits per heavy atom. The van der Waals surface area contributed by atoms with Crippen LogP contribution < -0.4 is 15.2 Å². The van der Waals surface area contributed by atoms with E-state index in [1.165, 1.54) is 12.1 Å².